The van der Waals surface area contributed by atoms with Gasteiger partial charge in [0.05, 0.1) is 19.8 Å². The molecule has 16 heavy (non-hydrogen) atoms. The second-order valence-corrected chi connectivity index (χ2v) is 3.51. The predicted molar refractivity (Wildman–Crippen MR) is 67.8 cm³/mol. The minimum Gasteiger partial charge on any atom is -0.490 e. The van der Waals surface area contributed by atoms with E-state index in [2.05, 4.69) is 12.6 Å². The van der Waals surface area contributed by atoms with E-state index in [-0.39, 0.29) is 0 Å². The summed E-state index contributed by atoms with van der Waals surface area (Å²) in [4.78, 5) is 0. The van der Waals surface area contributed by atoms with Crippen molar-refractivity contribution < 1.29 is 14.2 Å². The Hall–Kier alpha value is -0.870. The highest BCUT2D eigenvalue weighted by atomic mass is 32.1. The molecular weight excluding hydrogens is 224 g/mol. The summed E-state index contributed by atoms with van der Waals surface area (Å²) in [7, 11) is 0. The summed E-state index contributed by atoms with van der Waals surface area (Å²) in [6.07, 6.45) is 0. The molecule has 0 radical (unpaired) electrons. The van der Waals surface area contributed by atoms with Gasteiger partial charge in [-0.25, -0.2) is 0 Å². The molecule has 0 spiro atoms. The highest BCUT2D eigenvalue weighted by molar-refractivity contribution is 7.80. The Labute approximate surface area is 102 Å². The van der Waals surface area contributed by atoms with Crippen LogP contribution < -0.4 is 9.47 Å². The van der Waals surface area contributed by atoms with E-state index in [1.807, 2.05) is 31.2 Å². The Bertz CT molecular complexity index is 291. The lowest BCUT2D eigenvalue weighted by atomic mass is 10.3. The first-order valence-corrected chi connectivity index (χ1v) is 6.05. The Kier molecular flexibility index (Phi) is 6.85. The van der Waals surface area contributed by atoms with Gasteiger partial charge in [0.1, 0.15) is 6.61 Å². The fourth-order valence-corrected chi connectivity index (χ4v) is 1.35. The average molecular weight is 242 g/mol. The van der Waals surface area contributed by atoms with Gasteiger partial charge in [-0.15, -0.1) is 0 Å². The molecule has 0 aliphatic carbocycles. The van der Waals surface area contributed by atoms with Crippen molar-refractivity contribution >= 4 is 12.6 Å². The second-order valence-electron chi connectivity index (χ2n) is 3.06. The molecule has 0 atom stereocenters. The average Bonchev–Trinajstić information content (AvgIpc) is 2.31. The van der Waals surface area contributed by atoms with Gasteiger partial charge in [-0.1, -0.05) is 12.1 Å². The monoisotopic (exact) mass is 242 g/mol. The first kappa shape index (κ1) is 13.2. The van der Waals surface area contributed by atoms with E-state index < -0.39 is 0 Å². The van der Waals surface area contributed by atoms with Crippen molar-refractivity contribution in [3.8, 4) is 11.5 Å². The summed E-state index contributed by atoms with van der Waals surface area (Å²) in [6.45, 7) is 4.33. The van der Waals surface area contributed by atoms with Gasteiger partial charge in [0.15, 0.2) is 11.5 Å². The maximum atomic E-state index is 5.56. The molecule has 0 fully saturated rings. The second kappa shape index (κ2) is 8.30. The van der Waals surface area contributed by atoms with Crippen LogP contribution in [0.5, 0.6) is 11.5 Å². The number of hydrogen-bond donors (Lipinski definition) is 1. The molecule has 4 heteroatoms. The topological polar surface area (TPSA) is 27.7 Å². The lowest BCUT2D eigenvalue weighted by Gasteiger charge is -2.11. The highest BCUT2D eigenvalue weighted by Gasteiger charge is 2.02. The van der Waals surface area contributed by atoms with Gasteiger partial charge in [-0.05, 0) is 19.1 Å². The van der Waals surface area contributed by atoms with E-state index in [1.165, 1.54) is 0 Å². The lowest BCUT2D eigenvalue weighted by Crippen LogP contribution is -2.08. The van der Waals surface area contributed by atoms with Crippen LogP contribution in [0.25, 0.3) is 0 Å². The molecule has 0 heterocycles. The van der Waals surface area contributed by atoms with Crippen molar-refractivity contribution in [2.45, 2.75) is 6.92 Å². The Balaban J connectivity index is 2.34. The van der Waals surface area contributed by atoms with Gasteiger partial charge in [0.25, 0.3) is 0 Å². The molecule has 0 unspecified atom stereocenters. The zero-order valence-electron chi connectivity index (χ0n) is 9.52. The number of ether oxygens (including phenoxy) is 3. The summed E-state index contributed by atoms with van der Waals surface area (Å²) in [6, 6.07) is 7.64. The van der Waals surface area contributed by atoms with E-state index in [9.17, 15) is 0 Å². The van der Waals surface area contributed by atoms with E-state index in [1.54, 1.807) is 0 Å². The van der Waals surface area contributed by atoms with Gasteiger partial charge < -0.3 is 14.2 Å². The van der Waals surface area contributed by atoms with Gasteiger partial charge in [0, 0.05) is 5.75 Å². The zero-order chi connectivity index (χ0) is 11.6. The molecule has 0 aromatic heterocycles. The molecule has 0 saturated heterocycles. The normalized spacial score (nSPS) is 10.1. The third kappa shape index (κ3) is 4.77. The van der Waals surface area contributed by atoms with Crippen LogP contribution in [0.2, 0.25) is 0 Å². The highest BCUT2D eigenvalue weighted by Crippen LogP contribution is 2.26. The first-order valence-electron chi connectivity index (χ1n) is 5.41. The molecule has 0 N–H and O–H groups in total. The molecule has 0 amide bonds. The number of hydrogen-bond acceptors (Lipinski definition) is 4. The summed E-state index contributed by atoms with van der Waals surface area (Å²) in [5, 5.41) is 0. The van der Waals surface area contributed by atoms with Crippen LogP contribution in [0.15, 0.2) is 24.3 Å². The maximum Gasteiger partial charge on any atom is 0.161 e. The largest absolute Gasteiger partial charge is 0.490 e. The maximum absolute atomic E-state index is 5.56. The quantitative estimate of drug-likeness (QED) is 0.560. The minimum atomic E-state index is 0.526. The van der Waals surface area contributed by atoms with E-state index in [0.717, 1.165) is 17.3 Å². The van der Waals surface area contributed by atoms with Crippen molar-refractivity contribution in [3.63, 3.8) is 0 Å². The summed E-state index contributed by atoms with van der Waals surface area (Å²) in [5.74, 6) is 2.27. The third-order valence-electron chi connectivity index (χ3n) is 1.87. The van der Waals surface area contributed by atoms with E-state index in [0.29, 0.717) is 26.4 Å². The minimum absolute atomic E-state index is 0.526. The molecule has 0 saturated carbocycles. The fourth-order valence-electron chi connectivity index (χ4n) is 1.22. The first-order chi connectivity index (χ1) is 7.88. The molecule has 0 aliphatic rings. The van der Waals surface area contributed by atoms with Gasteiger partial charge in [-0.2, -0.15) is 12.6 Å². The molecule has 1 aromatic carbocycles. The number of benzene rings is 1. The molecule has 0 bridgehead atoms. The number of para-hydroxylation sites is 2. The number of thiol groups is 1. The van der Waals surface area contributed by atoms with E-state index >= 15 is 0 Å². The summed E-state index contributed by atoms with van der Waals surface area (Å²) in [5.41, 5.74) is 0. The Morgan fingerprint density at radius 1 is 1.00 bits per heavy atom. The summed E-state index contributed by atoms with van der Waals surface area (Å²) < 4.78 is 16.3. The van der Waals surface area contributed by atoms with Gasteiger partial charge in [-0.3, -0.25) is 0 Å². The smallest absolute Gasteiger partial charge is 0.161 e. The van der Waals surface area contributed by atoms with Gasteiger partial charge in [0.2, 0.25) is 0 Å². The zero-order valence-corrected chi connectivity index (χ0v) is 10.4. The van der Waals surface area contributed by atoms with Crippen LogP contribution in [0, 0.1) is 0 Å². The molecule has 1 rings (SSSR count). The van der Waals surface area contributed by atoms with Crippen LogP contribution >= 0.6 is 12.6 Å². The van der Waals surface area contributed by atoms with Crippen LogP contribution in [0.3, 0.4) is 0 Å². The third-order valence-corrected chi connectivity index (χ3v) is 2.05. The molecular formula is C12H18O3S. The summed E-state index contributed by atoms with van der Waals surface area (Å²) >= 11 is 4.05. The van der Waals surface area contributed by atoms with Crippen molar-refractivity contribution in [1.29, 1.82) is 0 Å². The molecule has 90 valence electrons. The fraction of sp³-hybridized carbons (Fsp3) is 0.500. The number of rotatable bonds is 8. The van der Waals surface area contributed by atoms with E-state index in [4.69, 9.17) is 14.2 Å². The van der Waals surface area contributed by atoms with Gasteiger partial charge >= 0.3 is 0 Å². The van der Waals surface area contributed by atoms with Crippen molar-refractivity contribution in [2.75, 3.05) is 32.2 Å². The van der Waals surface area contributed by atoms with Crippen LogP contribution in [0.4, 0.5) is 0 Å². The molecule has 3 nitrogen and oxygen atoms in total. The molecule has 0 aliphatic heterocycles. The van der Waals surface area contributed by atoms with Crippen LogP contribution in [-0.2, 0) is 4.74 Å². The SMILES string of the molecule is CCOc1ccccc1OCCOCCS. The van der Waals surface area contributed by atoms with Crippen molar-refractivity contribution in [2.24, 2.45) is 0 Å². The lowest BCUT2D eigenvalue weighted by molar-refractivity contribution is 0.110. The van der Waals surface area contributed by atoms with Crippen molar-refractivity contribution in [1.82, 2.24) is 0 Å². The predicted octanol–water partition coefficient (Wildman–Crippen LogP) is 2.41. The Morgan fingerprint density at radius 2 is 1.69 bits per heavy atom. The Morgan fingerprint density at radius 3 is 2.31 bits per heavy atom. The van der Waals surface area contributed by atoms with Crippen LogP contribution in [-0.4, -0.2) is 32.2 Å². The standard InChI is InChI=1S/C12H18O3S/c1-2-14-11-5-3-4-6-12(11)15-8-7-13-9-10-16/h3-6,16H,2,7-10H2,1H3. The van der Waals surface area contributed by atoms with Crippen molar-refractivity contribution in [3.05, 3.63) is 24.3 Å². The van der Waals surface area contributed by atoms with Crippen LogP contribution in [0.1, 0.15) is 6.92 Å². The molecule has 1 aromatic rings.